The molecule has 1 aliphatic rings. The number of Topliss-reactive ketones (excluding diaryl/α,β-unsaturated/α-hetero) is 1. The Morgan fingerprint density at radius 1 is 0.974 bits per heavy atom. The number of hydrogen-bond acceptors (Lipinski definition) is 5. The highest BCUT2D eigenvalue weighted by atomic mass is 16.6. The van der Waals surface area contributed by atoms with Gasteiger partial charge in [0.25, 0.3) is 0 Å². The van der Waals surface area contributed by atoms with Crippen LogP contribution in [-0.4, -0.2) is 45.0 Å². The monoisotopic (exact) mass is 520 g/mol. The van der Waals surface area contributed by atoms with Crippen LogP contribution < -0.4 is 0 Å². The van der Waals surface area contributed by atoms with Crippen molar-refractivity contribution in [3.8, 4) is 28.5 Å². The number of rotatable bonds is 5. The van der Waals surface area contributed by atoms with Crippen LogP contribution in [0.5, 0.6) is 0 Å². The molecule has 2 heterocycles. The number of carbonyl (C=O) groups excluding carboxylic acids is 2. The first-order valence-corrected chi connectivity index (χ1v) is 13.1. The van der Waals surface area contributed by atoms with E-state index in [1.54, 1.807) is 18.9 Å². The number of nitriles is 1. The van der Waals surface area contributed by atoms with Gasteiger partial charge in [-0.3, -0.25) is 4.79 Å². The second-order valence-electron chi connectivity index (χ2n) is 11.2. The van der Waals surface area contributed by atoms with E-state index in [0.29, 0.717) is 11.1 Å². The Balaban J connectivity index is 1.37. The van der Waals surface area contributed by atoms with Gasteiger partial charge in [0, 0.05) is 41.8 Å². The number of aromatic nitrogens is 2. The quantitative estimate of drug-likeness (QED) is 0.264. The van der Waals surface area contributed by atoms with Crippen molar-refractivity contribution in [3.63, 3.8) is 0 Å². The number of amides is 1. The lowest BCUT2D eigenvalue weighted by molar-refractivity contribution is 0.00808. The van der Waals surface area contributed by atoms with Crippen molar-refractivity contribution >= 4 is 22.9 Å². The van der Waals surface area contributed by atoms with Gasteiger partial charge >= 0.3 is 6.09 Å². The molecule has 2 aromatic carbocycles. The van der Waals surface area contributed by atoms with Gasteiger partial charge in [-0.2, -0.15) is 5.26 Å². The average molecular weight is 521 g/mol. The third kappa shape index (κ3) is 5.28. The van der Waals surface area contributed by atoms with Crippen molar-refractivity contribution in [2.75, 3.05) is 7.05 Å². The van der Waals surface area contributed by atoms with Gasteiger partial charge in [0.05, 0.1) is 11.3 Å². The Bertz CT molecular complexity index is 1580. The molecule has 0 bridgehead atoms. The molecule has 7 nitrogen and oxygen atoms in total. The molecule has 4 aromatic rings. The summed E-state index contributed by atoms with van der Waals surface area (Å²) >= 11 is 0. The molecule has 39 heavy (non-hydrogen) atoms. The van der Waals surface area contributed by atoms with Gasteiger partial charge in [0.1, 0.15) is 17.3 Å². The van der Waals surface area contributed by atoms with E-state index >= 15 is 0 Å². The van der Waals surface area contributed by atoms with E-state index in [-0.39, 0.29) is 24.0 Å². The van der Waals surface area contributed by atoms with Gasteiger partial charge in [0.15, 0.2) is 5.78 Å². The normalized spacial score (nSPS) is 16.8. The van der Waals surface area contributed by atoms with Crippen LogP contribution in [0.3, 0.4) is 0 Å². The van der Waals surface area contributed by atoms with Crippen LogP contribution in [0.25, 0.3) is 33.4 Å². The van der Waals surface area contributed by atoms with Crippen LogP contribution in [0.15, 0.2) is 66.9 Å². The molecule has 0 radical (unpaired) electrons. The molecule has 5 rings (SSSR count). The van der Waals surface area contributed by atoms with Crippen LogP contribution in [0.1, 0.15) is 62.5 Å². The number of benzene rings is 2. The molecule has 1 fully saturated rings. The Labute approximate surface area is 228 Å². The molecule has 0 saturated heterocycles. The summed E-state index contributed by atoms with van der Waals surface area (Å²) in [6.07, 6.45) is 3.10. The van der Waals surface area contributed by atoms with E-state index < -0.39 is 5.60 Å². The maximum atomic E-state index is 12.5. The van der Waals surface area contributed by atoms with Crippen LogP contribution in [-0.2, 0) is 4.74 Å². The zero-order chi connectivity index (χ0) is 27.9. The summed E-state index contributed by atoms with van der Waals surface area (Å²) in [5, 5.41) is 10.6. The molecule has 2 aromatic heterocycles. The third-order valence-electron chi connectivity index (χ3n) is 7.31. The molecule has 1 aliphatic carbocycles. The number of carbonyl (C=O) groups is 2. The molecule has 198 valence electrons. The second-order valence-corrected chi connectivity index (χ2v) is 11.2. The number of hydrogen-bond donors (Lipinski definition) is 0. The Kier molecular flexibility index (Phi) is 6.73. The molecule has 7 heteroatoms. The highest BCUT2D eigenvalue weighted by molar-refractivity contribution is 5.94. The van der Waals surface area contributed by atoms with Gasteiger partial charge in [-0.15, -0.1) is 0 Å². The molecule has 1 amide bonds. The summed E-state index contributed by atoms with van der Waals surface area (Å²) in [7, 11) is 1.78. The van der Waals surface area contributed by atoms with E-state index in [0.717, 1.165) is 46.3 Å². The van der Waals surface area contributed by atoms with Crippen molar-refractivity contribution < 1.29 is 14.3 Å². The van der Waals surface area contributed by atoms with E-state index in [4.69, 9.17) is 9.72 Å². The first kappa shape index (κ1) is 26.2. The van der Waals surface area contributed by atoms with E-state index in [2.05, 4.69) is 10.6 Å². The van der Waals surface area contributed by atoms with Gasteiger partial charge in [-0.1, -0.05) is 48.5 Å². The van der Waals surface area contributed by atoms with Crippen molar-refractivity contribution in [2.24, 2.45) is 0 Å². The zero-order valence-electron chi connectivity index (χ0n) is 22.9. The minimum atomic E-state index is -0.536. The lowest BCUT2D eigenvalue weighted by atomic mass is 9.85. The van der Waals surface area contributed by atoms with Crippen LogP contribution in [0, 0.1) is 11.3 Å². The molecule has 1 saturated carbocycles. The van der Waals surface area contributed by atoms with Gasteiger partial charge < -0.3 is 14.2 Å². The Hall–Kier alpha value is -4.44. The summed E-state index contributed by atoms with van der Waals surface area (Å²) in [4.78, 5) is 30.7. The average Bonchev–Trinajstić information content (AvgIpc) is 3.24. The van der Waals surface area contributed by atoms with Gasteiger partial charge in [-0.05, 0) is 63.8 Å². The second kappa shape index (κ2) is 10.0. The molecule has 0 N–H and O–H groups in total. The van der Waals surface area contributed by atoms with Crippen molar-refractivity contribution in [1.82, 2.24) is 14.5 Å². The van der Waals surface area contributed by atoms with Crippen LogP contribution >= 0.6 is 0 Å². The van der Waals surface area contributed by atoms with Crippen molar-refractivity contribution in [2.45, 2.75) is 58.2 Å². The molecule has 0 unspecified atom stereocenters. The number of ether oxygens (including phenoxy) is 1. The fourth-order valence-electron chi connectivity index (χ4n) is 4.97. The summed E-state index contributed by atoms with van der Waals surface area (Å²) in [6, 6.07) is 22.2. The van der Waals surface area contributed by atoms with Crippen LogP contribution in [0.2, 0.25) is 0 Å². The lowest BCUT2D eigenvalue weighted by Gasteiger charge is -2.42. The highest BCUT2D eigenvalue weighted by Crippen LogP contribution is 2.39. The maximum Gasteiger partial charge on any atom is 0.410 e. The molecular formula is C32H32N4O3. The lowest BCUT2D eigenvalue weighted by Crippen LogP contribution is -2.47. The number of fused-ring (bicyclic) bond motifs is 1. The SMILES string of the molecule is CC(=O)c1ccc(-c2ccc(-c3ccc4c(C#N)cn([C@H]5C[C@H](N(C)C(=O)OC(C)(C)C)C5)c4n3)cc2)cc1. The summed E-state index contributed by atoms with van der Waals surface area (Å²) in [5.74, 6) is 0.0511. The smallest absolute Gasteiger partial charge is 0.410 e. The van der Waals surface area contributed by atoms with E-state index in [1.165, 1.54) is 0 Å². The number of ketones is 1. The fraction of sp³-hybridized carbons (Fsp3) is 0.312. The largest absolute Gasteiger partial charge is 0.444 e. The third-order valence-corrected chi connectivity index (χ3v) is 7.31. The Morgan fingerprint density at radius 2 is 1.56 bits per heavy atom. The fourth-order valence-corrected chi connectivity index (χ4v) is 4.97. The molecular weight excluding hydrogens is 488 g/mol. The minimum Gasteiger partial charge on any atom is -0.444 e. The summed E-state index contributed by atoms with van der Waals surface area (Å²) in [5.41, 5.74) is 5.43. The molecule has 0 spiro atoms. The van der Waals surface area contributed by atoms with Crippen molar-refractivity contribution in [3.05, 3.63) is 78.0 Å². The number of pyridine rings is 1. The first-order valence-electron chi connectivity index (χ1n) is 13.1. The summed E-state index contributed by atoms with van der Waals surface area (Å²) in [6.45, 7) is 7.15. The molecule has 0 aliphatic heterocycles. The number of nitrogens with zero attached hydrogens (tertiary/aromatic N) is 4. The van der Waals surface area contributed by atoms with Gasteiger partial charge in [-0.25, -0.2) is 9.78 Å². The predicted octanol–water partition coefficient (Wildman–Crippen LogP) is 7.01. The molecule has 0 atom stereocenters. The highest BCUT2D eigenvalue weighted by Gasteiger charge is 2.37. The van der Waals surface area contributed by atoms with E-state index in [9.17, 15) is 14.9 Å². The standard InChI is InChI=1S/C32H32N4O3/c1-20(37)21-6-8-22(9-7-21)23-10-12-24(13-11-23)29-15-14-28-25(18-33)19-36(30(28)34-29)27-16-26(17-27)35(5)31(38)39-32(2,3)4/h6-15,19,26-27H,16-17H2,1-5H3/t26-,27-. The topological polar surface area (TPSA) is 88.2 Å². The zero-order valence-corrected chi connectivity index (χ0v) is 22.9. The van der Waals surface area contributed by atoms with Gasteiger partial charge in [0.2, 0.25) is 0 Å². The Morgan fingerprint density at radius 3 is 2.13 bits per heavy atom. The predicted molar refractivity (Wildman–Crippen MR) is 151 cm³/mol. The first-order chi connectivity index (χ1) is 18.5. The van der Waals surface area contributed by atoms with Crippen LogP contribution in [0.4, 0.5) is 4.79 Å². The summed E-state index contributed by atoms with van der Waals surface area (Å²) < 4.78 is 7.60. The maximum absolute atomic E-state index is 12.5. The minimum absolute atomic E-state index is 0.0511. The van der Waals surface area contributed by atoms with E-state index in [1.807, 2.05) is 87.6 Å². The van der Waals surface area contributed by atoms with Crippen molar-refractivity contribution in [1.29, 1.82) is 5.26 Å².